The molecule has 162 valence electrons. The van der Waals surface area contributed by atoms with Crippen LogP contribution in [0.15, 0.2) is 85.5 Å². The molecule has 1 unspecified atom stereocenters. The van der Waals surface area contributed by atoms with Crippen LogP contribution in [0.25, 0.3) is 21.7 Å². The van der Waals surface area contributed by atoms with Gasteiger partial charge in [-0.25, -0.2) is 4.98 Å². The average molecular weight is 434 g/mol. The van der Waals surface area contributed by atoms with Crippen LogP contribution in [0.2, 0.25) is 0 Å². The molecule has 1 atom stereocenters. The zero-order valence-electron chi connectivity index (χ0n) is 18.2. The van der Waals surface area contributed by atoms with Crippen LogP contribution >= 0.6 is 0 Å². The third kappa shape index (κ3) is 4.36. The van der Waals surface area contributed by atoms with E-state index in [1.54, 1.807) is 30.7 Å². The van der Waals surface area contributed by atoms with Crippen molar-refractivity contribution in [2.45, 2.75) is 19.4 Å². The minimum Gasteiger partial charge on any atom is -0.383 e. The average Bonchev–Trinajstić information content (AvgIpc) is 2.84. The van der Waals surface area contributed by atoms with Crippen molar-refractivity contribution in [1.82, 2.24) is 20.3 Å². The second-order valence-corrected chi connectivity index (χ2v) is 8.18. The summed E-state index contributed by atoms with van der Waals surface area (Å²) in [5.41, 5.74) is 10.7. The molecule has 0 aliphatic rings. The Morgan fingerprint density at radius 1 is 0.939 bits per heavy atom. The Balaban J connectivity index is 1.53. The second kappa shape index (κ2) is 8.67. The van der Waals surface area contributed by atoms with Gasteiger partial charge in [-0.05, 0) is 71.8 Å². The molecule has 5 aromatic rings. The Morgan fingerprint density at radius 3 is 2.64 bits per heavy atom. The summed E-state index contributed by atoms with van der Waals surface area (Å²) in [5.74, 6) is 0.373. The number of fused-ring (bicyclic) bond motifs is 2. The van der Waals surface area contributed by atoms with Crippen molar-refractivity contribution in [3.05, 3.63) is 108 Å². The molecular formula is C27H23N5O. The van der Waals surface area contributed by atoms with E-state index >= 15 is 0 Å². The van der Waals surface area contributed by atoms with Crippen LogP contribution in [-0.2, 0) is 6.42 Å². The number of anilines is 1. The van der Waals surface area contributed by atoms with Crippen LogP contribution in [0.3, 0.4) is 0 Å². The topological polar surface area (TPSA) is 93.8 Å². The highest BCUT2D eigenvalue weighted by Crippen LogP contribution is 2.26. The van der Waals surface area contributed by atoms with E-state index in [1.807, 2.05) is 43.5 Å². The molecule has 6 nitrogen and oxygen atoms in total. The fraction of sp³-hybridized carbons (Fsp3) is 0.111. The van der Waals surface area contributed by atoms with Crippen molar-refractivity contribution >= 4 is 33.4 Å². The molecule has 6 heteroatoms. The van der Waals surface area contributed by atoms with Gasteiger partial charge in [-0.15, -0.1) is 0 Å². The summed E-state index contributed by atoms with van der Waals surface area (Å²) >= 11 is 0. The van der Waals surface area contributed by atoms with E-state index in [0.29, 0.717) is 17.8 Å². The van der Waals surface area contributed by atoms with Crippen molar-refractivity contribution < 1.29 is 4.79 Å². The maximum atomic E-state index is 13.0. The normalized spacial score (nSPS) is 12.0. The summed E-state index contributed by atoms with van der Waals surface area (Å²) in [6.07, 6.45) is 7.44. The first-order valence-corrected chi connectivity index (χ1v) is 10.8. The molecule has 0 radical (unpaired) electrons. The number of benzene rings is 2. The molecule has 5 rings (SSSR count). The van der Waals surface area contributed by atoms with Crippen molar-refractivity contribution in [2.24, 2.45) is 0 Å². The number of nitrogens with one attached hydrogen (secondary N) is 1. The number of hydrogen-bond donors (Lipinski definition) is 2. The molecule has 33 heavy (non-hydrogen) atoms. The third-order valence-electron chi connectivity index (χ3n) is 5.79. The van der Waals surface area contributed by atoms with Crippen LogP contribution in [0.5, 0.6) is 0 Å². The predicted octanol–water partition coefficient (Wildman–Crippen LogP) is 4.78. The summed E-state index contributed by atoms with van der Waals surface area (Å²) in [4.78, 5) is 25.7. The van der Waals surface area contributed by atoms with Gasteiger partial charge < -0.3 is 11.1 Å². The first-order valence-electron chi connectivity index (χ1n) is 10.8. The Hall–Kier alpha value is -4.32. The molecular weight excluding hydrogens is 410 g/mol. The number of nitrogen functional groups attached to an aromatic ring is 1. The van der Waals surface area contributed by atoms with E-state index in [9.17, 15) is 4.79 Å². The van der Waals surface area contributed by atoms with Crippen molar-refractivity contribution in [3.8, 4) is 0 Å². The molecule has 0 aliphatic carbocycles. The number of aryl methyl sites for hydroxylation is 1. The third-order valence-corrected chi connectivity index (χ3v) is 5.79. The minimum absolute atomic E-state index is 0.140. The lowest BCUT2D eigenvalue weighted by Gasteiger charge is -2.20. The Morgan fingerprint density at radius 2 is 1.79 bits per heavy atom. The van der Waals surface area contributed by atoms with Crippen molar-refractivity contribution in [3.63, 3.8) is 0 Å². The number of rotatable bonds is 5. The molecule has 0 saturated carbocycles. The van der Waals surface area contributed by atoms with Gasteiger partial charge in [-0.2, -0.15) is 0 Å². The fourth-order valence-corrected chi connectivity index (χ4v) is 4.09. The van der Waals surface area contributed by atoms with Gasteiger partial charge in [0.05, 0.1) is 11.6 Å². The van der Waals surface area contributed by atoms with E-state index in [2.05, 4.69) is 38.5 Å². The van der Waals surface area contributed by atoms with Gasteiger partial charge >= 0.3 is 0 Å². The number of hydrogen-bond acceptors (Lipinski definition) is 5. The van der Waals surface area contributed by atoms with Gasteiger partial charge in [0.25, 0.3) is 5.91 Å². The zero-order valence-corrected chi connectivity index (χ0v) is 18.2. The number of nitrogens with zero attached hydrogens (tertiary/aromatic N) is 3. The Bertz CT molecular complexity index is 1470. The molecule has 0 spiro atoms. The predicted molar refractivity (Wildman–Crippen MR) is 131 cm³/mol. The smallest absolute Gasteiger partial charge is 0.251 e. The number of amides is 1. The molecule has 0 saturated heterocycles. The van der Waals surface area contributed by atoms with Crippen LogP contribution < -0.4 is 11.1 Å². The maximum absolute atomic E-state index is 13.0. The molecule has 1 amide bonds. The molecule has 3 aromatic heterocycles. The van der Waals surface area contributed by atoms with E-state index in [1.165, 1.54) is 0 Å². The summed E-state index contributed by atoms with van der Waals surface area (Å²) in [7, 11) is 0. The van der Waals surface area contributed by atoms with Crippen LogP contribution in [0.1, 0.15) is 33.1 Å². The molecule has 0 bridgehead atoms. The fourth-order valence-electron chi connectivity index (χ4n) is 4.09. The van der Waals surface area contributed by atoms with E-state index < -0.39 is 0 Å². The quantitative estimate of drug-likeness (QED) is 0.416. The highest BCUT2D eigenvalue weighted by atomic mass is 16.1. The molecule has 0 fully saturated rings. The van der Waals surface area contributed by atoms with Gasteiger partial charge in [0, 0.05) is 41.1 Å². The first-order chi connectivity index (χ1) is 16.1. The lowest BCUT2D eigenvalue weighted by Crippen LogP contribution is -2.30. The largest absolute Gasteiger partial charge is 0.383 e. The van der Waals surface area contributed by atoms with E-state index in [4.69, 9.17) is 5.73 Å². The number of carbonyl (C=O) groups is 1. The summed E-state index contributed by atoms with van der Waals surface area (Å²) in [6, 6.07) is 19.5. The summed E-state index contributed by atoms with van der Waals surface area (Å²) in [5, 5.41) is 6.21. The Labute approximate surface area is 191 Å². The summed E-state index contributed by atoms with van der Waals surface area (Å²) in [6.45, 7) is 2.03. The van der Waals surface area contributed by atoms with Gasteiger partial charge in [-0.1, -0.05) is 24.3 Å². The lowest BCUT2D eigenvalue weighted by atomic mass is 9.95. The van der Waals surface area contributed by atoms with Crippen LogP contribution in [0.4, 0.5) is 5.82 Å². The standard InChI is InChI=1S/C27H23N5O/c1-17-12-22-15-21(3-5-24(22)31-16-17)25(32-27(33)19-6-9-29-10-7-19)14-18-2-4-23-20(13-18)8-11-30-26(23)28/h2-13,15-16,25H,14H2,1H3,(H2,28,30)(H,32,33). The van der Waals surface area contributed by atoms with Gasteiger partial charge in [0.2, 0.25) is 0 Å². The van der Waals surface area contributed by atoms with Crippen LogP contribution in [-0.4, -0.2) is 20.9 Å². The minimum atomic E-state index is -0.229. The molecule has 0 aliphatic heterocycles. The number of pyridine rings is 3. The van der Waals surface area contributed by atoms with Crippen molar-refractivity contribution in [2.75, 3.05) is 5.73 Å². The molecule has 3 N–H and O–H groups in total. The van der Waals surface area contributed by atoms with E-state index in [-0.39, 0.29) is 11.9 Å². The highest BCUT2D eigenvalue weighted by molar-refractivity contribution is 5.94. The molecule has 2 aromatic carbocycles. The zero-order chi connectivity index (χ0) is 22.8. The lowest BCUT2D eigenvalue weighted by molar-refractivity contribution is 0.0936. The monoisotopic (exact) mass is 433 g/mol. The second-order valence-electron chi connectivity index (χ2n) is 8.18. The Kier molecular flexibility index (Phi) is 5.40. The van der Waals surface area contributed by atoms with Gasteiger partial charge in [0.15, 0.2) is 0 Å². The molecule has 3 heterocycles. The number of aromatic nitrogens is 3. The highest BCUT2D eigenvalue weighted by Gasteiger charge is 2.18. The summed E-state index contributed by atoms with van der Waals surface area (Å²) < 4.78 is 0. The number of nitrogens with two attached hydrogens (primary N) is 1. The van der Waals surface area contributed by atoms with Crippen LogP contribution in [0, 0.1) is 6.92 Å². The number of carbonyl (C=O) groups excluding carboxylic acids is 1. The van der Waals surface area contributed by atoms with E-state index in [0.717, 1.165) is 38.4 Å². The first kappa shape index (κ1) is 20.6. The van der Waals surface area contributed by atoms with Gasteiger partial charge in [-0.3, -0.25) is 14.8 Å². The van der Waals surface area contributed by atoms with Gasteiger partial charge in [0.1, 0.15) is 5.82 Å². The SMILES string of the molecule is Cc1cnc2ccc(C(Cc3ccc4c(N)nccc4c3)NC(=O)c3ccncc3)cc2c1. The maximum Gasteiger partial charge on any atom is 0.251 e. The van der Waals surface area contributed by atoms with Crippen molar-refractivity contribution in [1.29, 1.82) is 0 Å².